The Bertz CT molecular complexity index is 926. The number of fused-ring (bicyclic) bond motifs is 2. The molecule has 1 saturated heterocycles. The summed E-state index contributed by atoms with van der Waals surface area (Å²) in [5, 5.41) is 2.94. The minimum absolute atomic E-state index is 0.0757. The number of amides is 1. The molecule has 27 heavy (non-hydrogen) atoms. The van der Waals surface area contributed by atoms with E-state index in [4.69, 9.17) is 4.74 Å². The van der Waals surface area contributed by atoms with Gasteiger partial charge >= 0.3 is 0 Å². The number of likely N-dealkylation sites (tertiary alicyclic amines) is 1. The van der Waals surface area contributed by atoms with Crippen LogP contribution in [-0.2, 0) is 22.6 Å². The van der Waals surface area contributed by atoms with Crippen LogP contribution in [0.3, 0.4) is 0 Å². The van der Waals surface area contributed by atoms with Gasteiger partial charge in [0.2, 0.25) is 0 Å². The van der Waals surface area contributed by atoms with Gasteiger partial charge in [0, 0.05) is 28.9 Å². The van der Waals surface area contributed by atoms with Gasteiger partial charge in [-0.15, -0.1) is 0 Å². The van der Waals surface area contributed by atoms with Crippen molar-refractivity contribution in [2.75, 3.05) is 25.0 Å². The molecule has 4 nitrogen and oxygen atoms in total. The molecule has 3 heterocycles. The topological polar surface area (TPSA) is 41.6 Å². The molecular weight excluding hydrogens is 336 g/mol. The Hall–Kier alpha value is -2.59. The highest BCUT2D eigenvalue weighted by Crippen LogP contribution is 2.41. The lowest BCUT2D eigenvalue weighted by molar-refractivity contribution is -0.110. The quantitative estimate of drug-likeness (QED) is 0.839. The summed E-state index contributed by atoms with van der Waals surface area (Å²) in [6, 6.07) is 14.4. The van der Waals surface area contributed by atoms with Gasteiger partial charge in [-0.25, -0.2) is 0 Å². The smallest absolute Gasteiger partial charge is 0.260 e. The van der Waals surface area contributed by atoms with Gasteiger partial charge in [0.05, 0.1) is 5.57 Å². The lowest BCUT2D eigenvalue weighted by atomic mass is 9.98. The fraction of sp³-hybridized carbons (Fsp3) is 0.348. The maximum absolute atomic E-state index is 12.5. The summed E-state index contributed by atoms with van der Waals surface area (Å²) in [5.74, 6) is 0.642. The molecule has 5 rings (SSSR count). The van der Waals surface area contributed by atoms with E-state index in [-0.39, 0.29) is 5.91 Å². The molecule has 1 N–H and O–H groups in total. The van der Waals surface area contributed by atoms with Crippen molar-refractivity contribution in [3.05, 3.63) is 64.7 Å². The number of rotatable bonds is 3. The second kappa shape index (κ2) is 6.86. The van der Waals surface area contributed by atoms with Gasteiger partial charge in [0.25, 0.3) is 5.91 Å². The highest BCUT2D eigenvalue weighted by Gasteiger charge is 2.32. The van der Waals surface area contributed by atoms with Gasteiger partial charge in [-0.05, 0) is 44.0 Å². The van der Waals surface area contributed by atoms with Crippen LogP contribution in [0.5, 0.6) is 0 Å². The zero-order valence-corrected chi connectivity index (χ0v) is 15.5. The summed E-state index contributed by atoms with van der Waals surface area (Å²) in [4.78, 5) is 15.1. The Balaban J connectivity index is 1.41. The number of para-hydroxylation sites is 1. The number of hydrogen-bond acceptors (Lipinski definition) is 3. The van der Waals surface area contributed by atoms with E-state index in [0.29, 0.717) is 12.2 Å². The van der Waals surface area contributed by atoms with E-state index in [0.717, 1.165) is 35.5 Å². The molecule has 0 aliphatic carbocycles. The zero-order valence-electron chi connectivity index (χ0n) is 15.5. The number of anilines is 1. The molecule has 4 heteroatoms. The van der Waals surface area contributed by atoms with E-state index >= 15 is 0 Å². The van der Waals surface area contributed by atoms with E-state index < -0.39 is 0 Å². The molecule has 3 aliphatic rings. The van der Waals surface area contributed by atoms with Crippen LogP contribution in [-0.4, -0.2) is 30.4 Å². The fourth-order valence-corrected chi connectivity index (χ4v) is 4.39. The first-order valence-corrected chi connectivity index (χ1v) is 9.92. The normalized spacial score (nSPS) is 21.6. The highest BCUT2D eigenvalue weighted by molar-refractivity contribution is 6.36. The highest BCUT2D eigenvalue weighted by atomic mass is 16.5. The van der Waals surface area contributed by atoms with Crippen LogP contribution in [0.2, 0.25) is 0 Å². The van der Waals surface area contributed by atoms with Crippen LogP contribution >= 0.6 is 0 Å². The molecule has 0 spiro atoms. The number of carbonyl (C=O) groups excluding carboxylic acids is 1. The molecule has 2 aromatic carbocycles. The minimum Gasteiger partial charge on any atom is -0.487 e. The zero-order chi connectivity index (χ0) is 18.2. The molecule has 0 bridgehead atoms. The fourth-order valence-electron chi connectivity index (χ4n) is 4.39. The first-order chi connectivity index (χ1) is 13.3. The van der Waals surface area contributed by atoms with Crippen molar-refractivity contribution in [1.29, 1.82) is 0 Å². The number of benzene rings is 2. The molecule has 0 atom stereocenters. The predicted octanol–water partition coefficient (Wildman–Crippen LogP) is 4.07. The summed E-state index contributed by atoms with van der Waals surface area (Å²) in [6.07, 6.45) is 5.11. The third-order valence-corrected chi connectivity index (χ3v) is 5.85. The summed E-state index contributed by atoms with van der Waals surface area (Å²) in [5.41, 5.74) is 6.04. The Morgan fingerprint density at radius 3 is 2.74 bits per heavy atom. The molecule has 0 radical (unpaired) electrons. The Morgan fingerprint density at radius 2 is 1.85 bits per heavy atom. The maximum atomic E-state index is 12.5. The van der Waals surface area contributed by atoms with Crippen LogP contribution in [0.25, 0.3) is 11.3 Å². The maximum Gasteiger partial charge on any atom is 0.260 e. The van der Waals surface area contributed by atoms with Crippen LogP contribution in [0.1, 0.15) is 41.5 Å². The summed E-state index contributed by atoms with van der Waals surface area (Å²) < 4.78 is 5.99. The molecule has 0 aromatic heterocycles. The summed E-state index contributed by atoms with van der Waals surface area (Å²) >= 11 is 0. The van der Waals surface area contributed by atoms with Gasteiger partial charge in [-0.3, -0.25) is 4.79 Å². The lowest BCUT2D eigenvalue weighted by Crippen LogP contribution is -2.31. The third kappa shape index (κ3) is 3.04. The first-order valence-electron chi connectivity index (χ1n) is 9.92. The van der Waals surface area contributed by atoms with Crippen molar-refractivity contribution < 1.29 is 9.53 Å². The number of carbonyl (C=O) groups is 1. The predicted molar refractivity (Wildman–Crippen MR) is 107 cm³/mol. The van der Waals surface area contributed by atoms with Crippen molar-refractivity contribution in [3.8, 4) is 0 Å². The largest absolute Gasteiger partial charge is 0.487 e. The first kappa shape index (κ1) is 16.6. The van der Waals surface area contributed by atoms with E-state index in [1.54, 1.807) is 0 Å². The van der Waals surface area contributed by atoms with Crippen LogP contribution < -0.4 is 5.32 Å². The summed E-state index contributed by atoms with van der Waals surface area (Å²) in [7, 11) is 0. The third-order valence-electron chi connectivity index (χ3n) is 5.85. The second-order valence-electron chi connectivity index (χ2n) is 7.64. The molecule has 138 valence electrons. The molecule has 1 amide bonds. The Morgan fingerprint density at radius 1 is 1.00 bits per heavy atom. The van der Waals surface area contributed by atoms with E-state index in [9.17, 15) is 4.79 Å². The van der Waals surface area contributed by atoms with Crippen molar-refractivity contribution in [2.45, 2.75) is 32.3 Å². The van der Waals surface area contributed by atoms with Gasteiger partial charge in [0.15, 0.2) is 0 Å². The minimum atomic E-state index is -0.0757. The van der Waals surface area contributed by atoms with E-state index in [1.807, 2.05) is 24.3 Å². The van der Waals surface area contributed by atoms with Crippen molar-refractivity contribution in [1.82, 2.24) is 4.90 Å². The second-order valence-corrected chi connectivity index (χ2v) is 7.64. The monoisotopic (exact) mass is 360 g/mol. The van der Waals surface area contributed by atoms with Crippen LogP contribution in [0.15, 0.2) is 42.5 Å². The van der Waals surface area contributed by atoms with Crippen LogP contribution in [0, 0.1) is 0 Å². The number of piperidine rings is 1. The molecule has 1 fully saturated rings. The molecule has 0 saturated carbocycles. The van der Waals surface area contributed by atoms with Crippen molar-refractivity contribution in [3.63, 3.8) is 0 Å². The lowest BCUT2D eigenvalue weighted by Gasteiger charge is -2.26. The van der Waals surface area contributed by atoms with Gasteiger partial charge < -0.3 is 15.0 Å². The molecule has 0 unspecified atom stereocenters. The molecule has 2 aromatic rings. The number of hydrogen-bond donors (Lipinski definition) is 1. The Labute approximate surface area is 159 Å². The van der Waals surface area contributed by atoms with Crippen molar-refractivity contribution in [2.24, 2.45) is 0 Å². The van der Waals surface area contributed by atoms with E-state index in [2.05, 4.69) is 28.4 Å². The number of nitrogens with one attached hydrogen (secondary N) is 1. The van der Waals surface area contributed by atoms with Gasteiger partial charge in [-0.1, -0.05) is 42.8 Å². The van der Waals surface area contributed by atoms with E-state index in [1.165, 1.54) is 43.5 Å². The SMILES string of the molecule is O=C1Nc2ccccc2/C1=C1\OCc2cc(CCN3CCCCC3)ccc21. The Kier molecular flexibility index (Phi) is 4.21. The summed E-state index contributed by atoms with van der Waals surface area (Å²) in [6.45, 7) is 4.14. The number of ether oxygens (including phenoxy) is 1. The number of nitrogens with zero attached hydrogens (tertiary/aromatic N) is 1. The average molecular weight is 360 g/mol. The average Bonchev–Trinajstić information content (AvgIpc) is 3.26. The molecular formula is C23H24N2O2. The van der Waals surface area contributed by atoms with Crippen molar-refractivity contribution >= 4 is 22.9 Å². The molecule has 3 aliphatic heterocycles. The van der Waals surface area contributed by atoms with Gasteiger partial charge in [0.1, 0.15) is 12.4 Å². The van der Waals surface area contributed by atoms with Gasteiger partial charge in [-0.2, -0.15) is 0 Å². The van der Waals surface area contributed by atoms with Crippen LogP contribution in [0.4, 0.5) is 5.69 Å². The standard InChI is InChI=1S/C23H24N2O2/c26-23-21(19-6-2-3-7-20(19)24-23)22-18-9-8-16(14-17(18)15-27-22)10-13-25-11-4-1-5-12-25/h2-3,6-9,14H,1,4-5,10-13,15H2,(H,24,26)/b22-21+.